The zero-order chi connectivity index (χ0) is 12.1. The van der Waals surface area contributed by atoms with Gasteiger partial charge in [-0.25, -0.2) is 0 Å². The van der Waals surface area contributed by atoms with E-state index in [0.29, 0.717) is 19.7 Å². The number of likely N-dealkylation sites (tertiary alicyclic amines) is 1. The third-order valence-electron chi connectivity index (χ3n) is 2.54. The summed E-state index contributed by atoms with van der Waals surface area (Å²) < 4.78 is 4.93. The van der Waals surface area contributed by atoms with Crippen molar-refractivity contribution in [2.75, 3.05) is 19.7 Å². The number of rotatable bonds is 3. The maximum atomic E-state index is 11.5. The summed E-state index contributed by atoms with van der Waals surface area (Å²) in [7, 11) is 0. The summed E-state index contributed by atoms with van der Waals surface area (Å²) >= 11 is 11.0. The lowest BCUT2D eigenvalue weighted by atomic mass is 9.98. The molecular weight excluding hydrogens is 253 g/mol. The number of hydrogen-bond donors (Lipinski definition) is 0. The van der Waals surface area contributed by atoms with Crippen LogP contribution in [0, 0.1) is 5.92 Å². The highest BCUT2D eigenvalue weighted by Gasteiger charge is 2.31. The van der Waals surface area contributed by atoms with Crippen LogP contribution in [0.15, 0.2) is 0 Å². The van der Waals surface area contributed by atoms with Gasteiger partial charge in [-0.05, 0) is 19.8 Å². The molecule has 1 fully saturated rings. The van der Waals surface area contributed by atoms with Crippen LogP contribution in [0.25, 0.3) is 0 Å². The predicted molar refractivity (Wildman–Crippen MR) is 61.4 cm³/mol. The lowest BCUT2D eigenvalue weighted by molar-refractivity contribution is -0.151. The Morgan fingerprint density at radius 2 is 2.19 bits per heavy atom. The number of piperidine rings is 1. The van der Waals surface area contributed by atoms with Crippen molar-refractivity contribution >= 4 is 35.1 Å². The van der Waals surface area contributed by atoms with Crippen molar-refractivity contribution in [1.29, 1.82) is 0 Å². The van der Waals surface area contributed by atoms with Crippen molar-refractivity contribution in [3.63, 3.8) is 0 Å². The molecule has 0 bridgehead atoms. The van der Waals surface area contributed by atoms with Crippen LogP contribution in [0.2, 0.25) is 0 Å². The fourth-order valence-electron chi connectivity index (χ4n) is 1.77. The first-order chi connectivity index (χ1) is 7.56. The first-order valence-corrected chi connectivity index (χ1v) is 6.17. The maximum Gasteiger partial charge on any atom is 0.310 e. The van der Waals surface area contributed by atoms with E-state index < -0.39 is 4.84 Å². The smallest absolute Gasteiger partial charge is 0.310 e. The minimum atomic E-state index is -1.05. The molecule has 0 aromatic carbocycles. The highest BCUT2D eigenvalue weighted by molar-refractivity contribution is 6.53. The second kappa shape index (κ2) is 6.30. The Balaban J connectivity index is 2.53. The molecule has 1 saturated heterocycles. The average Bonchev–Trinajstić information content (AvgIpc) is 2.28. The molecule has 1 aliphatic heterocycles. The number of carbonyl (C=O) groups excluding carboxylic acids is 2. The summed E-state index contributed by atoms with van der Waals surface area (Å²) in [6.07, 6.45) is 1.52. The molecular formula is C10H15Cl2NO3. The van der Waals surface area contributed by atoms with Gasteiger partial charge < -0.3 is 9.64 Å². The van der Waals surface area contributed by atoms with E-state index in [4.69, 9.17) is 27.9 Å². The Hall–Kier alpha value is -0.480. The highest BCUT2D eigenvalue weighted by Crippen LogP contribution is 2.20. The van der Waals surface area contributed by atoms with Crippen molar-refractivity contribution in [3.05, 3.63) is 0 Å². The number of nitrogens with zero attached hydrogens (tertiary/aromatic N) is 1. The first-order valence-electron chi connectivity index (χ1n) is 5.29. The normalized spacial score (nSPS) is 21.0. The van der Waals surface area contributed by atoms with E-state index in [9.17, 15) is 9.59 Å². The standard InChI is InChI=1S/C10H15Cl2NO3/c1-2-16-10(15)7-4-3-5-13(6-7)9(14)8(11)12/h7-8H,2-6H2,1H3. The minimum Gasteiger partial charge on any atom is -0.466 e. The van der Waals surface area contributed by atoms with Gasteiger partial charge in [0.1, 0.15) is 0 Å². The largest absolute Gasteiger partial charge is 0.466 e. The third-order valence-corrected chi connectivity index (χ3v) is 2.91. The van der Waals surface area contributed by atoms with E-state index in [0.717, 1.165) is 12.8 Å². The molecule has 1 atom stereocenters. The van der Waals surface area contributed by atoms with Gasteiger partial charge in [-0.3, -0.25) is 9.59 Å². The molecule has 0 aromatic rings. The molecule has 1 rings (SSSR count). The zero-order valence-corrected chi connectivity index (χ0v) is 10.6. The zero-order valence-electron chi connectivity index (χ0n) is 9.12. The van der Waals surface area contributed by atoms with Gasteiger partial charge in [-0.2, -0.15) is 0 Å². The van der Waals surface area contributed by atoms with Gasteiger partial charge in [0.05, 0.1) is 12.5 Å². The topological polar surface area (TPSA) is 46.6 Å². The molecule has 16 heavy (non-hydrogen) atoms. The Morgan fingerprint density at radius 1 is 1.50 bits per heavy atom. The molecule has 1 unspecified atom stereocenters. The molecule has 1 amide bonds. The van der Waals surface area contributed by atoms with Crippen LogP contribution in [-0.4, -0.2) is 41.3 Å². The molecule has 1 heterocycles. The quantitative estimate of drug-likeness (QED) is 0.577. The van der Waals surface area contributed by atoms with Gasteiger partial charge in [0.25, 0.3) is 5.91 Å². The lowest BCUT2D eigenvalue weighted by Crippen LogP contribution is -2.44. The molecule has 0 aliphatic carbocycles. The molecule has 0 N–H and O–H groups in total. The van der Waals surface area contributed by atoms with E-state index >= 15 is 0 Å². The van der Waals surface area contributed by atoms with E-state index in [1.54, 1.807) is 6.92 Å². The number of carbonyl (C=O) groups is 2. The van der Waals surface area contributed by atoms with Crippen LogP contribution >= 0.6 is 23.2 Å². The van der Waals surface area contributed by atoms with Gasteiger partial charge in [0.15, 0.2) is 4.84 Å². The monoisotopic (exact) mass is 267 g/mol. The minimum absolute atomic E-state index is 0.246. The van der Waals surface area contributed by atoms with Crippen LogP contribution in [0.1, 0.15) is 19.8 Å². The second-order valence-corrected chi connectivity index (χ2v) is 4.77. The van der Waals surface area contributed by atoms with Crippen molar-refractivity contribution in [2.45, 2.75) is 24.6 Å². The predicted octanol–water partition coefficient (Wildman–Crippen LogP) is 1.59. The number of halogens is 2. The van der Waals surface area contributed by atoms with E-state index in [2.05, 4.69) is 0 Å². The average molecular weight is 268 g/mol. The number of alkyl halides is 2. The summed E-state index contributed by atoms with van der Waals surface area (Å²) in [5.41, 5.74) is 0. The molecule has 6 heteroatoms. The van der Waals surface area contributed by atoms with E-state index in [-0.39, 0.29) is 17.8 Å². The van der Waals surface area contributed by atoms with Gasteiger partial charge in [0.2, 0.25) is 0 Å². The Kier molecular flexibility index (Phi) is 5.35. The number of hydrogen-bond acceptors (Lipinski definition) is 3. The second-order valence-electron chi connectivity index (χ2n) is 3.68. The van der Waals surface area contributed by atoms with E-state index in [1.165, 1.54) is 4.90 Å². The number of amides is 1. The molecule has 0 aromatic heterocycles. The molecule has 0 saturated carbocycles. The SMILES string of the molecule is CCOC(=O)C1CCCN(C(=O)C(Cl)Cl)C1. The highest BCUT2D eigenvalue weighted by atomic mass is 35.5. The molecule has 0 spiro atoms. The maximum absolute atomic E-state index is 11.5. The van der Waals surface area contributed by atoms with E-state index in [1.807, 2.05) is 0 Å². The van der Waals surface area contributed by atoms with Crippen molar-refractivity contribution in [1.82, 2.24) is 4.90 Å². The van der Waals surface area contributed by atoms with Gasteiger partial charge >= 0.3 is 5.97 Å². The van der Waals surface area contributed by atoms with Gasteiger partial charge in [-0.1, -0.05) is 23.2 Å². The summed E-state index contributed by atoms with van der Waals surface area (Å²) in [4.78, 5) is 23.5. The van der Waals surface area contributed by atoms with Crippen LogP contribution in [0.4, 0.5) is 0 Å². The summed E-state index contributed by atoms with van der Waals surface area (Å²) in [6, 6.07) is 0. The van der Waals surface area contributed by atoms with Crippen LogP contribution in [0.5, 0.6) is 0 Å². The fourth-order valence-corrected chi connectivity index (χ4v) is 2.04. The summed E-state index contributed by atoms with van der Waals surface area (Å²) in [5, 5.41) is 0. The number of esters is 1. The Labute approximate surface area is 105 Å². The summed E-state index contributed by atoms with van der Waals surface area (Å²) in [6.45, 7) is 3.08. The molecule has 0 radical (unpaired) electrons. The van der Waals surface area contributed by atoms with Gasteiger partial charge in [0, 0.05) is 13.1 Å². The first kappa shape index (κ1) is 13.6. The van der Waals surface area contributed by atoms with Crippen LogP contribution < -0.4 is 0 Å². The third kappa shape index (κ3) is 3.52. The fraction of sp³-hybridized carbons (Fsp3) is 0.800. The molecule has 1 aliphatic rings. The van der Waals surface area contributed by atoms with Crippen LogP contribution in [-0.2, 0) is 14.3 Å². The Morgan fingerprint density at radius 3 is 2.75 bits per heavy atom. The van der Waals surface area contributed by atoms with Crippen molar-refractivity contribution in [2.24, 2.45) is 5.92 Å². The van der Waals surface area contributed by atoms with Crippen LogP contribution in [0.3, 0.4) is 0 Å². The number of ether oxygens (including phenoxy) is 1. The van der Waals surface area contributed by atoms with Gasteiger partial charge in [-0.15, -0.1) is 0 Å². The van der Waals surface area contributed by atoms with Crippen molar-refractivity contribution < 1.29 is 14.3 Å². The summed E-state index contributed by atoms with van der Waals surface area (Å²) in [5.74, 6) is -0.831. The molecule has 4 nitrogen and oxygen atoms in total. The lowest BCUT2D eigenvalue weighted by Gasteiger charge is -2.31. The Bertz CT molecular complexity index is 271. The molecule has 92 valence electrons. The van der Waals surface area contributed by atoms with Crippen molar-refractivity contribution in [3.8, 4) is 0 Å².